The number of aromatic nitrogens is 1. The third kappa shape index (κ3) is 4.35. The van der Waals surface area contributed by atoms with Crippen LogP contribution in [-0.4, -0.2) is 28.6 Å². The largest absolute Gasteiger partial charge is 0.355 e. The van der Waals surface area contributed by atoms with Gasteiger partial charge in [0.15, 0.2) is 0 Å². The highest BCUT2D eigenvalue weighted by Crippen LogP contribution is 2.36. The average molecular weight is 341 g/mol. The Morgan fingerprint density at radius 2 is 2.04 bits per heavy atom. The number of fused-ring (bicyclic) bond motifs is 1. The molecule has 0 radical (unpaired) electrons. The Labute approximate surface area is 145 Å². The predicted octanol–water partition coefficient (Wildman–Crippen LogP) is 1.92. The highest BCUT2D eigenvalue weighted by atomic mass is 32.2. The van der Waals surface area contributed by atoms with E-state index in [9.17, 15) is 9.59 Å². The molecule has 0 saturated heterocycles. The van der Waals surface area contributed by atoms with E-state index in [-0.39, 0.29) is 23.5 Å². The lowest BCUT2D eigenvalue weighted by atomic mass is 10.1. The van der Waals surface area contributed by atoms with E-state index in [2.05, 4.69) is 21.7 Å². The maximum atomic E-state index is 12.2. The zero-order chi connectivity index (χ0) is 16.8. The first kappa shape index (κ1) is 16.5. The minimum Gasteiger partial charge on any atom is -0.355 e. The van der Waals surface area contributed by atoms with Crippen molar-refractivity contribution in [1.29, 1.82) is 0 Å². The second-order valence-corrected chi connectivity index (χ2v) is 6.84. The zero-order valence-electron chi connectivity index (χ0n) is 13.2. The summed E-state index contributed by atoms with van der Waals surface area (Å²) in [4.78, 5) is 29.2. The lowest BCUT2D eigenvalue weighted by molar-refractivity contribution is -0.122. The summed E-state index contributed by atoms with van der Waals surface area (Å²) in [5.74, 6) is -0.0854. The summed E-state index contributed by atoms with van der Waals surface area (Å²) in [7, 11) is 0. The summed E-state index contributed by atoms with van der Waals surface area (Å²) in [6.45, 7) is 0.805. The first-order valence-electron chi connectivity index (χ1n) is 7.90. The number of carbonyl (C=O) groups excluding carboxylic acids is 2. The summed E-state index contributed by atoms with van der Waals surface area (Å²) in [6, 6.07) is 11.8. The molecule has 0 aliphatic carbocycles. The normalized spacial score (nSPS) is 15.6. The van der Waals surface area contributed by atoms with Gasteiger partial charge in [-0.2, -0.15) is 0 Å². The fraction of sp³-hybridized carbons (Fsp3) is 0.278. The Bertz CT molecular complexity index is 696. The fourth-order valence-corrected chi connectivity index (χ4v) is 3.75. The minimum absolute atomic E-state index is 0.00346. The number of hydrogen-bond donors (Lipinski definition) is 2. The van der Waals surface area contributed by atoms with E-state index in [1.54, 1.807) is 24.2 Å². The first-order valence-corrected chi connectivity index (χ1v) is 8.78. The van der Waals surface area contributed by atoms with Crippen LogP contribution in [0.4, 0.5) is 0 Å². The number of thioether (sulfide) groups is 1. The van der Waals surface area contributed by atoms with Crippen LogP contribution in [0.3, 0.4) is 0 Å². The summed E-state index contributed by atoms with van der Waals surface area (Å²) < 4.78 is 0. The molecule has 2 aromatic rings. The van der Waals surface area contributed by atoms with Crippen LogP contribution in [0.15, 0.2) is 53.7 Å². The Kier molecular flexibility index (Phi) is 5.48. The summed E-state index contributed by atoms with van der Waals surface area (Å²) in [6.07, 6.45) is 4.44. The fourth-order valence-electron chi connectivity index (χ4n) is 2.53. The van der Waals surface area contributed by atoms with E-state index in [1.807, 2.05) is 30.3 Å². The lowest BCUT2D eigenvalue weighted by Gasteiger charge is -2.10. The molecule has 0 fully saturated rings. The van der Waals surface area contributed by atoms with E-state index in [0.29, 0.717) is 13.1 Å². The molecule has 5 nitrogen and oxygen atoms in total. The molecule has 0 unspecified atom stereocenters. The number of nitrogens with zero attached hydrogens (tertiary/aromatic N) is 1. The Morgan fingerprint density at radius 3 is 2.83 bits per heavy atom. The van der Waals surface area contributed by atoms with Crippen LogP contribution in [0, 0.1) is 0 Å². The van der Waals surface area contributed by atoms with E-state index >= 15 is 0 Å². The molecule has 1 aliphatic heterocycles. The Balaban J connectivity index is 1.36. The van der Waals surface area contributed by atoms with Crippen LogP contribution in [0.5, 0.6) is 0 Å². The van der Waals surface area contributed by atoms with Gasteiger partial charge in [-0.15, -0.1) is 11.8 Å². The molecule has 24 heavy (non-hydrogen) atoms. The van der Waals surface area contributed by atoms with Gasteiger partial charge in [0.2, 0.25) is 11.8 Å². The summed E-state index contributed by atoms with van der Waals surface area (Å²) in [5, 5.41) is 5.58. The molecule has 0 spiro atoms. The smallest absolute Gasteiger partial charge is 0.233 e. The van der Waals surface area contributed by atoms with Crippen molar-refractivity contribution in [1.82, 2.24) is 15.6 Å². The van der Waals surface area contributed by atoms with Crippen LogP contribution in [-0.2, 0) is 22.6 Å². The van der Waals surface area contributed by atoms with Gasteiger partial charge in [-0.1, -0.05) is 24.3 Å². The number of pyridine rings is 1. The highest BCUT2D eigenvalue weighted by Gasteiger charge is 2.27. The summed E-state index contributed by atoms with van der Waals surface area (Å²) in [5.41, 5.74) is 2.17. The monoisotopic (exact) mass is 341 g/mol. The van der Waals surface area contributed by atoms with Gasteiger partial charge >= 0.3 is 0 Å². The Morgan fingerprint density at radius 1 is 1.17 bits per heavy atom. The predicted molar refractivity (Wildman–Crippen MR) is 93.5 cm³/mol. The molecule has 0 saturated carbocycles. The highest BCUT2D eigenvalue weighted by molar-refractivity contribution is 8.01. The van der Waals surface area contributed by atoms with E-state index in [1.165, 1.54) is 10.5 Å². The summed E-state index contributed by atoms with van der Waals surface area (Å²) >= 11 is 1.59. The number of carbonyl (C=O) groups is 2. The van der Waals surface area contributed by atoms with Gasteiger partial charge in [0.1, 0.15) is 0 Å². The quantitative estimate of drug-likeness (QED) is 0.842. The van der Waals surface area contributed by atoms with Gasteiger partial charge in [0, 0.05) is 36.8 Å². The van der Waals surface area contributed by atoms with Gasteiger partial charge in [-0.25, -0.2) is 0 Å². The maximum Gasteiger partial charge on any atom is 0.233 e. The van der Waals surface area contributed by atoms with Crippen molar-refractivity contribution < 1.29 is 9.59 Å². The molecule has 0 bridgehead atoms. The molecule has 6 heteroatoms. The van der Waals surface area contributed by atoms with E-state index < -0.39 is 0 Å². The molecule has 2 amide bonds. The maximum absolute atomic E-state index is 12.2. The van der Waals surface area contributed by atoms with Crippen molar-refractivity contribution in [3.8, 4) is 0 Å². The molecular formula is C18H19N3O2S. The molecule has 2 heterocycles. The minimum atomic E-state index is -0.0964. The number of nitrogens with one attached hydrogen (secondary N) is 2. The van der Waals surface area contributed by atoms with Crippen LogP contribution < -0.4 is 10.6 Å². The Hall–Kier alpha value is -2.34. The molecule has 1 aliphatic rings. The second kappa shape index (κ2) is 7.97. The van der Waals surface area contributed by atoms with Gasteiger partial charge in [0.25, 0.3) is 0 Å². The van der Waals surface area contributed by atoms with Gasteiger partial charge in [0.05, 0.1) is 5.25 Å². The van der Waals surface area contributed by atoms with Crippen molar-refractivity contribution in [3.05, 3.63) is 59.9 Å². The van der Waals surface area contributed by atoms with Crippen molar-refractivity contribution in [3.63, 3.8) is 0 Å². The van der Waals surface area contributed by atoms with Crippen LogP contribution in [0.25, 0.3) is 0 Å². The average Bonchev–Trinajstić information content (AvgIpc) is 3.05. The van der Waals surface area contributed by atoms with E-state index in [4.69, 9.17) is 0 Å². The number of amides is 2. The van der Waals surface area contributed by atoms with Gasteiger partial charge < -0.3 is 10.6 Å². The number of rotatable bonds is 6. The van der Waals surface area contributed by atoms with Crippen molar-refractivity contribution in [2.75, 3.05) is 6.54 Å². The lowest BCUT2D eigenvalue weighted by Crippen LogP contribution is -2.35. The van der Waals surface area contributed by atoms with Crippen LogP contribution in [0.2, 0.25) is 0 Å². The zero-order valence-corrected chi connectivity index (χ0v) is 14.0. The first-order chi connectivity index (χ1) is 11.7. The van der Waals surface area contributed by atoms with Crippen molar-refractivity contribution in [2.24, 2.45) is 0 Å². The molecule has 1 aromatic carbocycles. The van der Waals surface area contributed by atoms with Gasteiger partial charge in [-0.3, -0.25) is 14.6 Å². The third-order valence-electron chi connectivity index (χ3n) is 3.80. The molecule has 1 atom stereocenters. The topological polar surface area (TPSA) is 71.1 Å². The molecule has 2 N–H and O–H groups in total. The van der Waals surface area contributed by atoms with Crippen molar-refractivity contribution in [2.45, 2.75) is 29.5 Å². The number of benzene rings is 1. The molecular weight excluding hydrogens is 322 g/mol. The van der Waals surface area contributed by atoms with Crippen LogP contribution in [0.1, 0.15) is 17.5 Å². The van der Waals surface area contributed by atoms with Gasteiger partial charge in [-0.05, 0) is 29.7 Å². The van der Waals surface area contributed by atoms with Crippen LogP contribution >= 0.6 is 11.8 Å². The number of hydrogen-bond acceptors (Lipinski definition) is 4. The molecule has 124 valence electrons. The molecule has 3 rings (SSSR count). The SMILES string of the molecule is O=C(CCNC(=O)[C@H]1Cc2ccccc2S1)NCc1cccnc1. The standard InChI is InChI=1S/C18H19N3O2S/c22-17(21-12-13-4-3-8-19-11-13)7-9-20-18(23)16-10-14-5-1-2-6-15(14)24-16/h1-6,8,11,16H,7,9-10,12H2,(H,20,23)(H,21,22)/t16-/m1/s1. The van der Waals surface area contributed by atoms with E-state index in [0.717, 1.165) is 12.0 Å². The third-order valence-corrected chi connectivity index (χ3v) is 5.12. The second-order valence-electron chi connectivity index (χ2n) is 5.60. The van der Waals surface area contributed by atoms with Crippen molar-refractivity contribution >= 4 is 23.6 Å². The molecule has 1 aromatic heterocycles.